The van der Waals surface area contributed by atoms with Crippen molar-refractivity contribution in [3.8, 4) is 11.5 Å². The van der Waals surface area contributed by atoms with Crippen LogP contribution in [-0.2, 0) is 0 Å². The molecule has 3 rings (SSSR count). The highest BCUT2D eigenvalue weighted by molar-refractivity contribution is 5.91. The van der Waals surface area contributed by atoms with Crippen molar-refractivity contribution in [2.45, 2.75) is 45.4 Å². The summed E-state index contributed by atoms with van der Waals surface area (Å²) in [5, 5.41) is 8.43. The van der Waals surface area contributed by atoms with Crippen LogP contribution in [0.3, 0.4) is 0 Å². The smallest absolute Gasteiger partial charge is 0.343 e. The normalized spacial score (nSPS) is 11.0. The molecule has 6 nitrogen and oxygen atoms in total. The molecule has 0 aliphatic rings. The van der Waals surface area contributed by atoms with Gasteiger partial charge in [-0.3, -0.25) is 0 Å². The first-order valence-corrected chi connectivity index (χ1v) is 12.4. The fourth-order valence-electron chi connectivity index (χ4n) is 3.49. The van der Waals surface area contributed by atoms with E-state index < -0.39 is 11.8 Å². The van der Waals surface area contributed by atoms with Crippen LogP contribution in [0.2, 0.25) is 0 Å². The molecule has 0 aromatic heterocycles. The summed E-state index contributed by atoms with van der Waals surface area (Å²) in [7, 11) is 3.95. The Bertz CT molecular complexity index is 1130. The van der Waals surface area contributed by atoms with Gasteiger partial charge in [-0.1, -0.05) is 39.0 Å². The fourth-order valence-corrected chi connectivity index (χ4v) is 3.49. The molecule has 0 radical (unpaired) electrons. The molecule has 0 atom stereocenters. The number of hydrogen-bond acceptors (Lipinski definition) is 6. The Morgan fingerprint density at radius 3 is 2.06 bits per heavy atom. The molecule has 0 saturated carbocycles. The number of unbranched alkanes of at least 4 members (excludes halogenated alkanes) is 5. The van der Waals surface area contributed by atoms with Crippen molar-refractivity contribution in [2.24, 2.45) is 10.2 Å². The lowest BCUT2D eigenvalue weighted by Gasteiger charge is -2.11. The molecule has 0 bridgehead atoms. The zero-order valence-electron chi connectivity index (χ0n) is 21.2. The number of rotatable bonds is 13. The molecule has 0 aliphatic carbocycles. The lowest BCUT2D eigenvalue weighted by Crippen LogP contribution is -2.09. The maximum atomic E-state index is 14.4. The van der Waals surface area contributed by atoms with Gasteiger partial charge in [0.25, 0.3) is 0 Å². The molecule has 0 N–H and O–H groups in total. The van der Waals surface area contributed by atoms with E-state index in [9.17, 15) is 9.18 Å². The summed E-state index contributed by atoms with van der Waals surface area (Å²) in [5.74, 6) is -0.749. The first-order valence-electron chi connectivity index (χ1n) is 12.4. The number of nitrogens with zero attached hydrogens (tertiary/aromatic N) is 3. The van der Waals surface area contributed by atoms with E-state index in [1.807, 2.05) is 43.3 Å². The van der Waals surface area contributed by atoms with Gasteiger partial charge in [0, 0.05) is 19.8 Å². The van der Waals surface area contributed by atoms with Crippen molar-refractivity contribution in [1.29, 1.82) is 0 Å². The van der Waals surface area contributed by atoms with Gasteiger partial charge >= 0.3 is 5.97 Å². The third kappa shape index (κ3) is 8.48. The maximum absolute atomic E-state index is 14.4. The molecule has 0 unspecified atom stereocenters. The van der Waals surface area contributed by atoms with Gasteiger partial charge in [-0.2, -0.15) is 10.2 Å². The molecular weight excluding hydrogens is 457 g/mol. The maximum Gasteiger partial charge on any atom is 0.343 e. The number of hydrogen-bond donors (Lipinski definition) is 0. The predicted molar refractivity (Wildman–Crippen MR) is 142 cm³/mol. The highest BCUT2D eigenvalue weighted by Gasteiger charge is 2.13. The summed E-state index contributed by atoms with van der Waals surface area (Å²) >= 11 is 0. The molecule has 0 heterocycles. The van der Waals surface area contributed by atoms with Crippen LogP contribution < -0.4 is 14.4 Å². The summed E-state index contributed by atoms with van der Waals surface area (Å²) in [6.07, 6.45) is 6.79. The summed E-state index contributed by atoms with van der Waals surface area (Å²) in [4.78, 5) is 14.5. The zero-order valence-corrected chi connectivity index (χ0v) is 21.2. The predicted octanol–water partition coefficient (Wildman–Crippen LogP) is 8.27. The number of carbonyl (C=O) groups excluding carboxylic acids is 1. The number of esters is 1. The fraction of sp³-hybridized carbons (Fsp3) is 0.345. The molecule has 190 valence electrons. The highest BCUT2D eigenvalue weighted by atomic mass is 19.1. The van der Waals surface area contributed by atoms with E-state index in [2.05, 4.69) is 17.2 Å². The quantitative estimate of drug-likeness (QED) is 0.104. The summed E-state index contributed by atoms with van der Waals surface area (Å²) in [6, 6.07) is 18.5. The summed E-state index contributed by atoms with van der Waals surface area (Å²) in [5.41, 5.74) is 2.54. The number of azo groups is 1. The van der Waals surface area contributed by atoms with E-state index in [0.717, 1.165) is 30.3 Å². The Hall–Kier alpha value is -3.74. The molecule has 3 aromatic carbocycles. The molecule has 0 amide bonds. The van der Waals surface area contributed by atoms with Crippen molar-refractivity contribution in [3.05, 3.63) is 78.1 Å². The van der Waals surface area contributed by atoms with Crippen molar-refractivity contribution in [2.75, 3.05) is 25.6 Å². The third-order valence-electron chi connectivity index (χ3n) is 5.62. The Morgan fingerprint density at radius 2 is 1.44 bits per heavy atom. The van der Waals surface area contributed by atoms with Crippen molar-refractivity contribution in [3.63, 3.8) is 0 Å². The van der Waals surface area contributed by atoms with Crippen LogP contribution in [0, 0.1) is 5.82 Å². The lowest BCUT2D eigenvalue weighted by atomic mass is 10.1. The van der Waals surface area contributed by atoms with Gasteiger partial charge in [0.15, 0.2) is 11.6 Å². The average Bonchev–Trinajstić information content (AvgIpc) is 2.88. The van der Waals surface area contributed by atoms with E-state index in [0.29, 0.717) is 18.0 Å². The van der Waals surface area contributed by atoms with Gasteiger partial charge in [0.05, 0.1) is 23.5 Å². The zero-order chi connectivity index (χ0) is 25.8. The van der Waals surface area contributed by atoms with Crippen LogP contribution in [0.5, 0.6) is 11.5 Å². The van der Waals surface area contributed by atoms with Crippen molar-refractivity contribution >= 4 is 23.0 Å². The van der Waals surface area contributed by atoms with Crippen LogP contribution >= 0.6 is 0 Å². The monoisotopic (exact) mass is 491 g/mol. The average molecular weight is 492 g/mol. The topological polar surface area (TPSA) is 63.5 Å². The highest BCUT2D eigenvalue weighted by Crippen LogP contribution is 2.24. The van der Waals surface area contributed by atoms with Gasteiger partial charge in [-0.05, 0) is 73.2 Å². The minimum Gasteiger partial charge on any atom is -0.491 e. The van der Waals surface area contributed by atoms with Crippen molar-refractivity contribution < 1.29 is 18.7 Å². The molecule has 7 heteroatoms. The number of benzene rings is 3. The molecule has 36 heavy (non-hydrogen) atoms. The van der Waals surface area contributed by atoms with E-state index in [1.54, 1.807) is 24.3 Å². The number of carbonyl (C=O) groups is 1. The van der Waals surface area contributed by atoms with Crippen LogP contribution in [-0.4, -0.2) is 26.7 Å². The molecule has 0 aliphatic heterocycles. The lowest BCUT2D eigenvalue weighted by molar-refractivity contribution is 0.0734. The minimum absolute atomic E-state index is 0.115. The Kier molecular flexibility index (Phi) is 10.4. The molecule has 3 aromatic rings. The largest absolute Gasteiger partial charge is 0.491 e. The van der Waals surface area contributed by atoms with Crippen molar-refractivity contribution in [1.82, 2.24) is 0 Å². The summed E-state index contributed by atoms with van der Waals surface area (Å²) in [6.45, 7) is 2.64. The Balaban J connectivity index is 1.49. The second-order valence-corrected chi connectivity index (χ2v) is 8.76. The van der Waals surface area contributed by atoms with E-state index in [4.69, 9.17) is 9.47 Å². The molecule has 0 spiro atoms. The number of ether oxygens (including phenoxy) is 2. The first-order chi connectivity index (χ1) is 17.5. The minimum atomic E-state index is -0.647. The first kappa shape index (κ1) is 26.9. The Labute approximate surface area is 212 Å². The summed E-state index contributed by atoms with van der Waals surface area (Å²) < 4.78 is 25.3. The Morgan fingerprint density at radius 1 is 0.833 bits per heavy atom. The second-order valence-electron chi connectivity index (χ2n) is 8.76. The number of halogens is 1. The third-order valence-corrected chi connectivity index (χ3v) is 5.62. The van der Waals surface area contributed by atoms with Crippen LogP contribution in [0.15, 0.2) is 77.0 Å². The number of anilines is 1. The van der Waals surface area contributed by atoms with E-state index in [1.165, 1.54) is 37.8 Å². The SMILES string of the molecule is CCCCCCCCOc1ccc(C(=O)Oc2ccc(N=Nc3ccc(N(C)C)cc3)cc2)cc1F. The van der Waals surface area contributed by atoms with Gasteiger partial charge < -0.3 is 14.4 Å². The molecule has 0 fully saturated rings. The second kappa shape index (κ2) is 14.0. The van der Waals surface area contributed by atoms with Gasteiger partial charge in [0.1, 0.15) is 5.75 Å². The molecular formula is C29H34FN3O3. The van der Waals surface area contributed by atoms with Crippen LogP contribution in [0.4, 0.5) is 21.5 Å². The van der Waals surface area contributed by atoms with Crippen LogP contribution in [0.1, 0.15) is 55.8 Å². The van der Waals surface area contributed by atoms with E-state index in [-0.39, 0.29) is 11.3 Å². The van der Waals surface area contributed by atoms with Gasteiger partial charge in [-0.25, -0.2) is 9.18 Å². The standard InChI is InChI=1S/C29H34FN3O3/c1-4-5-6-7-8-9-20-35-28-19-10-22(21-27(28)30)29(34)36-26-17-13-24(14-18-26)32-31-23-11-15-25(16-12-23)33(2)3/h10-19,21H,4-9,20H2,1-3H3. The molecule has 0 saturated heterocycles. The van der Waals surface area contributed by atoms with Gasteiger partial charge in [-0.15, -0.1) is 0 Å². The van der Waals surface area contributed by atoms with Crippen LogP contribution in [0.25, 0.3) is 0 Å². The van der Waals surface area contributed by atoms with Gasteiger partial charge in [0.2, 0.25) is 0 Å². The van der Waals surface area contributed by atoms with E-state index >= 15 is 0 Å².